The van der Waals surface area contributed by atoms with Crippen LogP contribution in [0, 0.1) is 5.92 Å². The topological polar surface area (TPSA) is 133 Å². The van der Waals surface area contributed by atoms with Crippen molar-refractivity contribution in [3.63, 3.8) is 0 Å². The van der Waals surface area contributed by atoms with Crippen LogP contribution in [0.3, 0.4) is 0 Å². The third kappa shape index (κ3) is 5.51. The Labute approximate surface area is 187 Å². The normalized spacial score (nSPS) is 13.7. The lowest BCUT2D eigenvalue weighted by Crippen LogP contribution is -2.46. The Bertz CT molecular complexity index is 1190. The number of imidazole rings is 1. The molecule has 1 aromatic heterocycles. The van der Waals surface area contributed by atoms with E-state index in [1.807, 2.05) is 38.1 Å². The third-order valence-electron chi connectivity index (χ3n) is 4.88. The van der Waals surface area contributed by atoms with Crippen molar-refractivity contribution >= 4 is 38.6 Å². The van der Waals surface area contributed by atoms with Crippen LogP contribution in [0.5, 0.6) is 0 Å². The van der Waals surface area contributed by atoms with E-state index in [0.29, 0.717) is 11.5 Å². The predicted octanol–water partition coefficient (Wildman–Crippen LogP) is 2.70. The van der Waals surface area contributed by atoms with Crippen molar-refractivity contribution in [1.29, 1.82) is 0 Å². The lowest BCUT2D eigenvalue weighted by molar-refractivity contribution is -0.123. The van der Waals surface area contributed by atoms with Crippen LogP contribution in [0.15, 0.2) is 53.4 Å². The van der Waals surface area contributed by atoms with Crippen LogP contribution in [0.2, 0.25) is 0 Å². The number of carbonyl (C=O) groups is 2. The van der Waals surface area contributed by atoms with Gasteiger partial charge in [0.05, 0.1) is 28.0 Å². The molecule has 0 saturated carbocycles. The molecule has 2 atom stereocenters. The van der Waals surface area contributed by atoms with Gasteiger partial charge in [0.2, 0.25) is 21.8 Å². The molecule has 0 radical (unpaired) electrons. The van der Waals surface area contributed by atoms with Crippen LogP contribution in [-0.4, -0.2) is 36.2 Å². The molecule has 32 heavy (non-hydrogen) atoms. The van der Waals surface area contributed by atoms with Crippen molar-refractivity contribution in [3.8, 4) is 0 Å². The first-order valence-electron chi connectivity index (χ1n) is 10.2. The van der Waals surface area contributed by atoms with Gasteiger partial charge in [-0.15, -0.1) is 0 Å². The van der Waals surface area contributed by atoms with Gasteiger partial charge in [0.15, 0.2) is 0 Å². The number of carbonyl (C=O) groups excluding carboxylic acids is 2. The number of aromatic amines is 1. The fourth-order valence-electron chi connectivity index (χ4n) is 3.22. The maximum absolute atomic E-state index is 12.8. The summed E-state index contributed by atoms with van der Waals surface area (Å²) in [6.45, 7) is 6.74. The molecule has 2 amide bonds. The van der Waals surface area contributed by atoms with Gasteiger partial charge in [0.25, 0.3) is 0 Å². The zero-order chi connectivity index (χ0) is 23.5. The van der Waals surface area contributed by atoms with E-state index in [0.717, 1.165) is 11.0 Å². The maximum Gasteiger partial charge on any atom is 0.241 e. The number of nitrogens with one attached hydrogen (secondary N) is 4. The molecule has 4 N–H and O–H groups in total. The van der Waals surface area contributed by atoms with E-state index in [4.69, 9.17) is 0 Å². The fourth-order valence-corrected chi connectivity index (χ4v) is 4.43. The number of para-hydroxylation sites is 2. The summed E-state index contributed by atoms with van der Waals surface area (Å²) < 4.78 is 27.8. The first kappa shape index (κ1) is 23.4. The van der Waals surface area contributed by atoms with Crippen molar-refractivity contribution in [1.82, 2.24) is 20.0 Å². The highest BCUT2D eigenvalue weighted by Crippen LogP contribution is 2.22. The number of benzene rings is 2. The second kappa shape index (κ2) is 9.49. The number of hydrogen-bond acceptors (Lipinski definition) is 5. The molecule has 0 fully saturated rings. The summed E-state index contributed by atoms with van der Waals surface area (Å²) in [5.41, 5.74) is 2.13. The minimum atomic E-state index is -3.94. The number of hydrogen-bond donors (Lipinski definition) is 4. The summed E-state index contributed by atoms with van der Waals surface area (Å²) in [5, 5.41) is 5.46. The molecule has 0 aliphatic carbocycles. The predicted molar refractivity (Wildman–Crippen MR) is 122 cm³/mol. The Morgan fingerprint density at radius 3 is 2.25 bits per heavy atom. The quantitative estimate of drug-likeness (QED) is 0.413. The fraction of sp³-hybridized carbons (Fsp3) is 0.318. The van der Waals surface area contributed by atoms with Crippen LogP contribution in [0.1, 0.15) is 39.6 Å². The minimum Gasteiger partial charge on any atom is -0.345 e. The molecule has 3 rings (SSSR count). The van der Waals surface area contributed by atoms with Gasteiger partial charge in [0, 0.05) is 12.6 Å². The number of amides is 2. The molecule has 0 spiro atoms. The van der Waals surface area contributed by atoms with Crippen molar-refractivity contribution in [2.75, 3.05) is 5.32 Å². The zero-order valence-electron chi connectivity index (χ0n) is 18.3. The molecule has 0 aliphatic rings. The number of nitrogens with zero attached hydrogens (tertiary/aromatic N) is 1. The van der Waals surface area contributed by atoms with E-state index in [1.54, 1.807) is 0 Å². The Morgan fingerprint density at radius 2 is 1.66 bits per heavy atom. The van der Waals surface area contributed by atoms with Gasteiger partial charge in [-0.1, -0.05) is 26.0 Å². The molecule has 0 bridgehead atoms. The van der Waals surface area contributed by atoms with E-state index in [2.05, 4.69) is 25.3 Å². The molecule has 170 valence electrons. The van der Waals surface area contributed by atoms with Crippen LogP contribution in [-0.2, 0) is 19.6 Å². The number of fused-ring (bicyclic) bond motifs is 1. The Balaban J connectivity index is 1.71. The summed E-state index contributed by atoms with van der Waals surface area (Å²) in [5.74, 6) is -0.0985. The van der Waals surface area contributed by atoms with Crippen LogP contribution in [0.25, 0.3) is 11.0 Å². The molecular weight excluding hydrogens is 430 g/mol. The van der Waals surface area contributed by atoms with Crippen molar-refractivity contribution in [2.24, 2.45) is 5.92 Å². The lowest BCUT2D eigenvalue weighted by Gasteiger charge is -2.23. The largest absolute Gasteiger partial charge is 0.345 e. The molecule has 2 aromatic carbocycles. The van der Waals surface area contributed by atoms with Gasteiger partial charge in [-0.3, -0.25) is 9.59 Å². The smallest absolute Gasteiger partial charge is 0.241 e. The Hall–Kier alpha value is -3.24. The van der Waals surface area contributed by atoms with Gasteiger partial charge in [0.1, 0.15) is 5.82 Å². The first-order valence-corrected chi connectivity index (χ1v) is 11.7. The highest BCUT2D eigenvalue weighted by molar-refractivity contribution is 7.89. The Morgan fingerprint density at radius 1 is 1.00 bits per heavy atom. The molecule has 0 aliphatic heterocycles. The van der Waals surface area contributed by atoms with E-state index >= 15 is 0 Å². The molecule has 1 unspecified atom stereocenters. The zero-order valence-corrected chi connectivity index (χ0v) is 19.2. The van der Waals surface area contributed by atoms with Gasteiger partial charge in [-0.25, -0.2) is 13.4 Å². The molecule has 9 nitrogen and oxygen atoms in total. The number of H-pyrrole nitrogens is 1. The summed E-state index contributed by atoms with van der Waals surface area (Å²) in [6, 6.07) is 11.8. The van der Waals surface area contributed by atoms with Crippen molar-refractivity contribution in [2.45, 2.75) is 44.7 Å². The molecule has 10 heteroatoms. The minimum absolute atomic E-state index is 0.0102. The highest BCUT2D eigenvalue weighted by atomic mass is 32.2. The van der Waals surface area contributed by atoms with Gasteiger partial charge in [-0.05, 0) is 49.2 Å². The maximum atomic E-state index is 12.8. The van der Waals surface area contributed by atoms with E-state index in [1.165, 1.54) is 38.1 Å². The molecule has 0 saturated heterocycles. The lowest BCUT2D eigenvalue weighted by atomic mass is 10.0. The van der Waals surface area contributed by atoms with Gasteiger partial charge in [-0.2, -0.15) is 4.72 Å². The van der Waals surface area contributed by atoms with E-state index in [-0.39, 0.29) is 16.7 Å². The monoisotopic (exact) mass is 457 g/mol. The number of sulfonamides is 1. The highest BCUT2D eigenvalue weighted by Gasteiger charge is 2.27. The average molecular weight is 458 g/mol. The first-order chi connectivity index (χ1) is 15.1. The molecular formula is C22H27N5O4S. The Kier molecular flexibility index (Phi) is 6.95. The summed E-state index contributed by atoms with van der Waals surface area (Å²) in [4.78, 5) is 31.7. The van der Waals surface area contributed by atoms with Crippen LogP contribution in [0.4, 0.5) is 5.69 Å². The van der Waals surface area contributed by atoms with Crippen molar-refractivity contribution < 1.29 is 18.0 Å². The average Bonchev–Trinajstić information content (AvgIpc) is 3.15. The standard InChI is InChI=1S/C22H27N5O4S/c1-13(2)20(21-24-18-7-5-6-8-19(18)25-21)26-22(29)14(3)27-32(30,31)17-11-9-16(10-12-17)23-15(4)28/h5-14,20,27H,1-4H3,(H,23,28)(H,24,25)(H,26,29)/t14-,20?/m0/s1. The molecule has 1 heterocycles. The summed E-state index contributed by atoms with van der Waals surface area (Å²) in [6.07, 6.45) is 0. The van der Waals surface area contributed by atoms with Crippen molar-refractivity contribution in [3.05, 3.63) is 54.4 Å². The van der Waals surface area contributed by atoms with Crippen LogP contribution >= 0.6 is 0 Å². The van der Waals surface area contributed by atoms with E-state index < -0.39 is 28.0 Å². The summed E-state index contributed by atoms with van der Waals surface area (Å²) >= 11 is 0. The molecule has 3 aromatic rings. The number of aromatic nitrogens is 2. The van der Waals surface area contributed by atoms with E-state index in [9.17, 15) is 18.0 Å². The number of rotatable bonds is 8. The SMILES string of the molecule is CC(=O)Nc1ccc(S(=O)(=O)N[C@@H](C)C(=O)NC(c2nc3ccccc3[nH]2)C(C)C)cc1. The van der Waals surface area contributed by atoms with Crippen LogP contribution < -0.4 is 15.4 Å². The summed E-state index contributed by atoms with van der Waals surface area (Å²) in [7, 11) is -3.94. The third-order valence-corrected chi connectivity index (χ3v) is 6.43. The van der Waals surface area contributed by atoms with Gasteiger partial charge >= 0.3 is 0 Å². The number of anilines is 1. The van der Waals surface area contributed by atoms with Gasteiger partial charge < -0.3 is 15.6 Å². The second-order valence-corrected chi connectivity index (χ2v) is 9.63. The second-order valence-electron chi connectivity index (χ2n) is 7.92.